The van der Waals surface area contributed by atoms with E-state index < -0.39 is 0 Å². The second kappa shape index (κ2) is 3.88. The minimum absolute atomic E-state index is 0.204. The molecule has 1 saturated carbocycles. The largest absolute Gasteiger partial charge is 0.461 e. The monoisotopic (exact) mass is 282 g/mol. The molecule has 84 valence electrons. The molecule has 1 aromatic carbocycles. The highest BCUT2D eigenvalue weighted by atomic mass is 79.9. The fourth-order valence-corrected chi connectivity index (χ4v) is 3.14. The van der Waals surface area contributed by atoms with Gasteiger partial charge in [0.15, 0.2) is 0 Å². The summed E-state index contributed by atoms with van der Waals surface area (Å²) in [4.78, 5) is 0.599. The number of benzene rings is 1. The summed E-state index contributed by atoms with van der Waals surface area (Å²) in [7, 11) is 0. The van der Waals surface area contributed by atoms with E-state index in [9.17, 15) is 4.39 Å². The molecule has 0 aliphatic heterocycles. The Morgan fingerprint density at radius 1 is 1.25 bits per heavy atom. The van der Waals surface area contributed by atoms with Crippen molar-refractivity contribution in [3.63, 3.8) is 0 Å². The van der Waals surface area contributed by atoms with Gasteiger partial charge < -0.3 is 4.42 Å². The summed E-state index contributed by atoms with van der Waals surface area (Å²) < 4.78 is 18.8. The summed E-state index contributed by atoms with van der Waals surface area (Å²) in [5.41, 5.74) is 0.787. The Labute approximate surface area is 102 Å². The van der Waals surface area contributed by atoms with Crippen LogP contribution in [0.1, 0.15) is 30.9 Å². The first-order valence-corrected chi connectivity index (χ1v) is 6.47. The highest BCUT2D eigenvalue weighted by Gasteiger charge is 2.26. The van der Waals surface area contributed by atoms with Crippen molar-refractivity contribution in [3.8, 4) is 0 Å². The van der Waals surface area contributed by atoms with Gasteiger partial charge >= 0.3 is 0 Å². The topological polar surface area (TPSA) is 13.1 Å². The van der Waals surface area contributed by atoms with Gasteiger partial charge in [0, 0.05) is 16.1 Å². The lowest BCUT2D eigenvalue weighted by atomic mass is 10.1. The minimum Gasteiger partial charge on any atom is -0.461 e. The summed E-state index contributed by atoms with van der Waals surface area (Å²) >= 11 is 3.63. The fourth-order valence-electron chi connectivity index (χ4n) is 2.42. The van der Waals surface area contributed by atoms with E-state index in [1.807, 2.05) is 6.07 Å². The van der Waals surface area contributed by atoms with Gasteiger partial charge in [-0.3, -0.25) is 0 Å². The molecule has 0 amide bonds. The molecule has 0 N–H and O–H groups in total. The Morgan fingerprint density at radius 2 is 2.12 bits per heavy atom. The molecule has 0 bridgehead atoms. The molecule has 2 unspecified atom stereocenters. The van der Waals surface area contributed by atoms with Gasteiger partial charge in [0.2, 0.25) is 0 Å². The van der Waals surface area contributed by atoms with Crippen LogP contribution in [0.5, 0.6) is 0 Å². The van der Waals surface area contributed by atoms with Crippen LogP contribution in [0.15, 0.2) is 28.7 Å². The Balaban J connectivity index is 1.99. The normalized spacial score (nSPS) is 25.4. The van der Waals surface area contributed by atoms with Crippen molar-refractivity contribution in [2.24, 2.45) is 0 Å². The van der Waals surface area contributed by atoms with E-state index in [0.29, 0.717) is 10.7 Å². The smallest absolute Gasteiger partial charge is 0.134 e. The van der Waals surface area contributed by atoms with Gasteiger partial charge in [-0.25, -0.2) is 4.39 Å². The molecule has 0 radical (unpaired) electrons. The number of hydrogen-bond donors (Lipinski definition) is 0. The second-order valence-electron chi connectivity index (χ2n) is 4.44. The lowest BCUT2D eigenvalue weighted by Crippen LogP contribution is -1.91. The number of alkyl halides is 1. The van der Waals surface area contributed by atoms with E-state index in [1.54, 1.807) is 6.07 Å². The van der Waals surface area contributed by atoms with Gasteiger partial charge in [0.1, 0.15) is 17.2 Å². The summed E-state index contributed by atoms with van der Waals surface area (Å²) in [5, 5.41) is 0.869. The third kappa shape index (κ3) is 1.77. The summed E-state index contributed by atoms with van der Waals surface area (Å²) in [6, 6.07) is 6.66. The molecule has 2 aromatic rings. The van der Waals surface area contributed by atoms with Crippen LogP contribution < -0.4 is 0 Å². The highest BCUT2D eigenvalue weighted by Crippen LogP contribution is 2.39. The summed E-state index contributed by atoms with van der Waals surface area (Å²) in [6.45, 7) is 0. The Morgan fingerprint density at radius 3 is 2.88 bits per heavy atom. The number of rotatable bonds is 1. The van der Waals surface area contributed by atoms with Gasteiger partial charge in [-0.05, 0) is 43.5 Å². The van der Waals surface area contributed by atoms with Crippen LogP contribution >= 0.6 is 15.9 Å². The molecule has 3 rings (SSSR count). The van der Waals surface area contributed by atoms with Crippen LogP contribution in [0, 0.1) is 5.82 Å². The zero-order valence-corrected chi connectivity index (χ0v) is 10.3. The first-order valence-electron chi connectivity index (χ1n) is 5.55. The molecule has 0 saturated heterocycles. The standard InChI is InChI=1S/C13H12BrFO/c14-10-2-1-8(5-10)13-7-9-6-11(15)3-4-12(9)16-13/h3-4,6-8,10H,1-2,5H2. The van der Waals surface area contributed by atoms with Crippen LogP contribution in [0.3, 0.4) is 0 Å². The lowest BCUT2D eigenvalue weighted by molar-refractivity contribution is 0.494. The predicted octanol–water partition coefficient (Wildman–Crippen LogP) is 4.60. The third-order valence-electron chi connectivity index (χ3n) is 3.27. The molecule has 3 heteroatoms. The molecule has 1 aromatic heterocycles. The van der Waals surface area contributed by atoms with Gasteiger partial charge in [-0.2, -0.15) is 0 Å². The van der Waals surface area contributed by atoms with Gasteiger partial charge in [0.25, 0.3) is 0 Å². The van der Waals surface area contributed by atoms with Crippen LogP contribution in [-0.4, -0.2) is 4.83 Å². The van der Waals surface area contributed by atoms with E-state index in [0.717, 1.165) is 29.6 Å². The fraction of sp³-hybridized carbons (Fsp3) is 0.385. The van der Waals surface area contributed by atoms with Crippen LogP contribution in [0.25, 0.3) is 11.0 Å². The van der Waals surface area contributed by atoms with Crippen molar-refractivity contribution in [3.05, 3.63) is 35.8 Å². The summed E-state index contributed by atoms with van der Waals surface area (Å²) in [6.07, 6.45) is 3.45. The molecule has 1 aliphatic carbocycles. The Hall–Kier alpha value is -0.830. The number of furan rings is 1. The molecule has 2 atom stereocenters. The molecule has 1 heterocycles. The Kier molecular flexibility index (Phi) is 2.51. The van der Waals surface area contributed by atoms with Gasteiger partial charge in [-0.1, -0.05) is 15.9 Å². The van der Waals surface area contributed by atoms with Crippen LogP contribution in [0.2, 0.25) is 0 Å². The number of fused-ring (bicyclic) bond motifs is 1. The van der Waals surface area contributed by atoms with Crippen molar-refractivity contribution < 1.29 is 8.81 Å². The minimum atomic E-state index is -0.204. The molecular weight excluding hydrogens is 271 g/mol. The van der Waals surface area contributed by atoms with E-state index >= 15 is 0 Å². The van der Waals surface area contributed by atoms with Crippen molar-refractivity contribution in [2.45, 2.75) is 30.0 Å². The first-order chi connectivity index (χ1) is 7.72. The molecule has 16 heavy (non-hydrogen) atoms. The van der Waals surface area contributed by atoms with E-state index in [2.05, 4.69) is 15.9 Å². The zero-order valence-electron chi connectivity index (χ0n) is 8.75. The molecular formula is C13H12BrFO. The molecule has 1 aliphatic rings. The number of halogens is 2. The maximum Gasteiger partial charge on any atom is 0.134 e. The maximum atomic E-state index is 13.0. The summed E-state index contributed by atoms with van der Waals surface area (Å²) in [5.74, 6) is 1.28. The van der Waals surface area contributed by atoms with E-state index in [-0.39, 0.29) is 5.82 Å². The average Bonchev–Trinajstić information content (AvgIpc) is 2.83. The van der Waals surface area contributed by atoms with Crippen molar-refractivity contribution >= 4 is 26.9 Å². The van der Waals surface area contributed by atoms with E-state index in [1.165, 1.54) is 18.6 Å². The number of hydrogen-bond acceptors (Lipinski definition) is 1. The first kappa shape index (κ1) is 10.3. The van der Waals surface area contributed by atoms with Crippen molar-refractivity contribution in [1.82, 2.24) is 0 Å². The maximum absolute atomic E-state index is 13.0. The van der Waals surface area contributed by atoms with Crippen molar-refractivity contribution in [2.75, 3.05) is 0 Å². The molecule has 1 fully saturated rings. The van der Waals surface area contributed by atoms with Crippen molar-refractivity contribution in [1.29, 1.82) is 0 Å². The predicted molar refractivity (Wildman–Crippen MR) is 65.5 cm³/mol. The average molecular weight is 283 g/mol. The van der Waals surface area contributed by atoms with Crippen LogP contribution in [-0.2, 0) is 0 Å². The van der Waals surface area contributed by atoms with Gasteiger partial charge in [0.05, 0.1) is 0 Å². The SMILES string of the molecule is Fc1ccc2oc(C3CCC(Br)C3)cc2c1. The van der Waals surface area contributed by atoms with Gasteiger partial charge in [-0.15, -0.1) is 0 Å². The zero-order chi connectivity index (χ0) is 11.1. The van der Waals surface area contributed by atoms with Crippen LogP contribution in [0.4, 0.5) is 4.39 Å². The Bertz CT molecular complexity index is 520. The quantitative estimate of drug-likeness (QED) is 0.697. The second-order valence-corrected chi connectivity index (χ2v) is 5.73. The lowest BCUT2D eigenvalue weighted by Gasteiger charge is -2.03. The van der Waals surface area contributed by atoms with E-state index in [4.69, 9.17) is 4.42 Å². The highest BCUT2D eigenvalue weighted by molar-refractivity contribution is 9.09. The molecule has 1 nitrogen and oxygen atoms in total. The third-order valence-corrected chi connectivity index (χ3v) is 4.10. The molecule has 0 spiro atoms.